The average Bonchev–Trinajstić information content (AvgIpc) is 3.04. The molecule has 0 aromatic carbocycles. The predicted molar refractivity (Wildman–Crippen MR) is 126 cm³/mol. The minimum absolute atomic E-state index is 0.152. The van der Waals surface area contributed by atoms with Gasteiger partial charge in [-0.25, -0.2) is 0 Å². The Morgan fingerprint density at radius 3 is 2.55 bits per heavy atom. The standard InChI is InChI=1S/C28H44O/c1-19(2)20(3)9-10-22(5)26-15-16-27-23(8-7-17-28(26,27)6)12-13-24-18-25(29)14-11-21(24)4/h8-10,12-13,19-20,22,25-27,29H,7,11,14-18H2,1-6H3/b10-9+,13-12-/t20-,22+,25-,26+,27+,28+/m0/s1. The number of allylic oxidation sites excluding steroid dienone is 7. The Balaban J connectivity index is 1.73. The van der Waals surface area contributed by atoms with Gasteiger partial charge in [0.1, 0.15) is 0 Å². The third-order valence-corrected chi connectivity index (χ3v) is 8.61. The van der Waals surface area contributed by atoms with Crippen molar-refractivity contribution in [3.8, 4) is 0 Å². The van der Waals surface area contributed by atoms with Crippen molar-refractivity contribution in [3.63, 3.8) is 0 Å². The van der Waals surface area contributed by atoms with Gasteiger partial charge in [-0.15, -0.1) is 0 Å². The summed E-state index contributed by atoms with van der Waals surface area (Å²) in [4.78, 5) is 0. The minimum Gasteiger partial charge on any atom is -0.393 e. The van der Waals surface area contributed by atoms with Crippen LogP contribution in [-0.2, 0) is 0 Å². The van der Waals surface area contributed by atoms with Gasteiger partial charge in [0.2, 0.25) is 0 Å². The van der Waals surface area contributed by atoms with Crippen molar-refractivity contribution >= 4 is 0 Å². The molecule has 0 radical (unpaired) electrons. The Morgan fingerprint density at radius 1 is 1.07 bits per heavy atom. The van der Waals surface area contributed by atoms with Crippen molar-refractivity contribution in [1.29, 1.82) is 0 Å². The Morgan fingerprint density at radius 2 is 1.83 bits per heavy atom. The molecular formula is C28H44O. The Bertz CT molecular complexity index is 691. The SMILES string of the molecule is CC1=C(/C=C\C2=CCC[C@@]3(C)[C@@H]2CC[C@@H]3[C@H](C)/C=C/[C@H](C)C(C)C)C[C@@H](O)CC1. The first kappa shape index (κ1) is 22.6. The molecule has 0 saturated heterocycles. The molecule has 0 amide bonds. The maximum atomic E-state index is 10.1. The van der Waals surface area contributed by atoms with E-state index in [4.69, 9.17) is 0 Å². The third kappa shape index (κ3) is 4.98. The third-order valence-electron chi connectivity index (χ3n) is 8.61. The summed E-state index contributed by atoms with van der Waals surface area (Å²) in [5.41, 5.74) is 4.82. The van der Waals surface area contributed by atoms with Gasteiger partial charge in [0.15, 0.2) is 0 Å². The van der Waals surface area contributed by atoms with Gasteiger partial charge in [-0.1, -0.05) is 70.6 Å². The number of aliphatic hydroxyl groups is 1. The molecule has 1 fully saturated rings. The van der Waals surface area contributed by atoms with Gasteiger partial charge in [0.25, 0.3) is 0 Å². The van der Waals surface area contributed by atoms with E-state index >= 15 is 0 Å². The smallest absolute Gasteiger partial charge is 0.0583 e. The second-order valence-corrected chi connectivity index (χ2v) is 10.9. The van der Waals surface area contributed by atoms with Crippen LogP contribution in [0.2, 0.25) is 0 Å². The lowest BCUT2D eigenvalue weighted by Crippen LogP contribution is -2.34. The number of aliphatic hydroxyl groups excluding tert-OH is 1. The summed E-state index contributed by atoms with van der Waals surface area (Å²) in [6.07, 6.45) is 20.1. The Labute approximate surface area is 180 Å². The van der Waals surface area contributed by atoms with Gasteiger partial charge in [-0.2, -0.15) is 0 Å². The van der Waals surface area contributed by atoms with Crippen LogP contribution in [-0.4, -0.2) is 11.2 Å². The first-order valence-corrected chi connectivity index (χ1v) is 12.2. The number of hydrogen-bond acceptors (Lipinski definition) is 1. The fraction of sp³-hybridized carbons (Fsp3) is 0.714. The summed E-state index contributed by atoms with van der Waals surface area (Å²) in [7, 11) is 0. The van der Waals surface area contributed by atoms with Crippen molar-refractivity contribution in [2.45, 2.75) is 92.6 Å². The molecule has 29 heavy (non-hydrogen) atoms. The van der Waals surface area contributed by atoms with E-state index in [9.17, 15) is 5.11 Å². The normalized spacial score (nSPS) is 35.4. The number of rotatable bonds is 6. The molecule has 1 nitrogen and oxygen atoms in total. The van der Waals surface area contributed by atoms with Gasteiger partial charge in [-0.3, -0.25) is 0 Å². The highest BCUT2D eigenvalue weighted by Crippen LogP contribution is 2.58. The van der Waals surface area contributed by atoms with Crippen LogP contribution in [0.4, 0.5) is 0 Å². The van der Waals surface area contributed by atoms with E-state index in [2.05, 4.69) is 71.9 Å². The first-order chi connectivity index (χ1) is 13.7. The lowest BCUT2D eigenvalue weighted by atomic mass is 9.62. The maximum absolute atomic E-state index is 10.1. The van der Waals surface area contributed by atoms with E-state index in [0.717, 1.165) is 31.1 Å². The lowest BCUT2D eigenvalue weighted by Gasteiger charge is -2.42. The summed E-state index contributed by atoms with van der Waals surface area (Å²) in [5, 5.41) is 10.1. The van der Waals surface area contributed by atoms with Crippen LogP contribution in [0.1, 0.15) is 86.5 Å². The van der Waals surface area contributed by atoms with E-state index in [1.807, 2.05) is 0 Å². The highest BCUT2D eigenvalue weighted by molar-refractivity contribution is 5.36. The molecular weight excluding hydrogens is 352 g/mol. The van der Waals surface area contributed by atoms with E-state index in [-0.39, 0.29) is 6.10 Å². The van der Waals surface area contributed by atoms with Crippen LogP contribution in [0, 0.1) is 35.0 Å². The fourth-order valence-electron chi connectivity index (χ4n) is 6.10. The van der Waals surface area contributed by atoms with E-state index in [0.29, 0.717) is 23.2 Å². The molecule has 0 unspecified atom stereocenters. The van der Waals surface area contributed by atoms with E-state index in [1.165, 1.54) is 36.8 Å². The van der Waals surface area contributed by atoms with Crippen LogP contribution in [0.5, 0.6) is 0 Å². The molecule has 0 aliphatic heterocycles. The molecule has 0 aromatic heterocycles. The largest absolute Gasteiger partial charge is 0.393 e. The quantitative estimate of drug-likeness (QED) is 0.457. The van der Waals surface area contributed by atoms with Crippen molar-refractivity contribution in [2.75, 3.05) is 0 Å². The molecule has 3 aliphatic rings. The summed E-state index contributed by atoms with van der Waals surface area (Å²) >= 11 is 0. The number of fused-ring (bicyclic) bond motifs is 1. The van der Waals surface area contributed by atoms with Crippen molar-refractivity contribution in [2.24, 2.45) is 35.0 Å². The van der Waals surface area contributed by atoms with Crippen molar-refractivity contribution < 1.29 is 5.11 Å². The van der Waals surface area contributed by atoms with Gasteiger partial charge < -0.3 is 5.11 Å². The Kier molecular flexibility index (Phi) is 7.31. The van der Waals surface area contributed by atoms with E-state index in [1.54, 1.807) is 5.57 Å². The zero-order valence-corrected chi connectivity index (χ0v) is 19.7. The molecule has 3 rings (SSSR count). The molecule has 1 saturated carbocycles. The predicted octanol–water partition coefficient (Wildman–Crippen LogP) is 7.64. The average molecular weight is 397 g/mol. The molecule has 0 heterocycles. The minimum atomic E-state index is -0.152. The highest BCUT2D eigenvalue weighted by atomic mass is 16.3. The first-order valence-electron chi connectivity index (χ1n) is 12.2. The zero-order valence-electron chi connectivity index (χ0n) is 19.7. The second kappa shape index (κ2) is 9.38. The molecule has 1 N–H and O–H groups in total. The summed E-state index contributed by atoms with van der Waals surface area (Å²) in [5.74, 6) is 3.53. The Hall–Kier alpha value is -1.08. The van der Waals surface area contributed by atoms with Gasteiger partial charge in [0.05, 0.1) is 6.10 Å². The summed E-state index contributed by atoms with van der Waals surface area (Å²) < 4.78 is 0. The van der Waals surface area contributed by atoms with Gasteiger partial charge in [-0.05, 0) is 98.0 Å². The topological polar surface area (TPSA) is 20.2 Å². The highest BCUT2D eigenvalue weighted by Gasteiger charge is 2.49. The van der Waals surface area contributed by atoms with Crippen LogP contribution in [0.25, 0.3) is 0 Å². The fourth-order valence-corrected chi connectivity index (χ4v) is 6.10. The molecule has 3 aliphatic carbocycles. The molecule has 1 heteroatoms. The summed E-state index contributed by atoms with van der Waals surface area (Å²) in [6.45, 7) is 14.2. The van der Waals surface area contributed by atoms with E-state index < -0.39 is 0 Å². The van der Waals surface area contributed by atoms with Crippen LogP contribution in [0.15, 0.2) is 47.1 Å². The lowest BCUT2D eigenvalue weighted by molar-refractivity contribution is 0.129. The van der Waals surface area contributed by atoms with Crippen molar-refractivity contribution in [3.05, 3.63) is 47.1 Å². The van der Waals surface area contributed by atoms with Crippen LogP contribution < -0.4 is 0 Å². The molecule has 0 spiro atoms. The molecule has 0 bridgehead atoms. The maximum Gasteiger partial charge on any atom is 0.0583 e. The molecule has 162 valence electrons. The monoisotopic (exact) mass is 396 g/mol. The van der Waals surface area contributed by atoms with Gasteiger partial charge >= 0.3 is 0 Å². The van der Waals surface area contributed by atoms with Crippen molar-refractivity contribution in [1.82, 2.24) is 0 Å². The molecule has 6 atom stereocenters. The second-order valence-electron chi connectivity index (χ2n) is 10.9. The molecule has 0 aromatic rings. The number of hydrogen-bond donors (Lipinski definition) is 1. The zero-order chi connectivity index (χ0) is 21.2. The van der Waals surface area contributed by atoms with Crippen LogP contribution >= 0.6 is 0 Å². The van der Waals surface area contributed by atoms with Gasteiger partial charge in [0, 0.05) is 0 Å². The summed E-state index contributed by atoms with van der Waals surface area (Å²) in [6, 6.07) is 0. The van der Waals surface area contributed by atoms with Crippen LogP contribution in [0.3, 0.4) is 0 Å².